The van der Waals surface area contributed by atoms with Gasteiger partial charge in [0.15, 0.2) is 0 Å². The van der Waals surface area contributed by atoms with Crippen molar-refractivity contribution in [1.82, 2.24) is 0 Å². The average molecular weight is 325 g/mol. The molecular weight excluding hydrogens is 308 g/mol. The second-order valence-electron chi connectivity index (χ2n) is 4.83. The lowest BCUT2D eigenvalue weighted by Crippen LogP contribution is -1.99. The van der Waals surface area contributed by atoms with Crippen molar-refractivity contribution in [1.29, 1.82) is 0 Å². The van der Waals surface area contributed by atoms with E-state index >= 15 is 0 Å². The van der Waals surface area contributed by atoms with Gasteiger partial charge in [0.05, 0.1) is 5.56 Å². The predicted octanol–water partition coefficient (Wildman–Crippen LogP) is 5.48. The number of aromatic carboxylic acids is 1. The molecule has 116 valence electrons. The van der Waals surface area contributed by atoms with Crippen LogP contribution in [0, 0.1) is 0 Å². The fourth-order valence-electron chi connectivity index (χ4n) is 2.11. The maximum absolute atomic E-state index is 10.5. The molecular formula is C20H17ClO2. The van der Waals surface area contributed by atoms with Gasteiger partial charge in [0, 0.05) is 5.88 Å². The third-order valence-corrected chi connectivity index (χ3v) is 3.56. The Bertz CT molecular complexity index is 702. The predicted molar refractivity (Wildman–Crippen MR) is 94.8 cm³/mol. The molecule has 0 aliphatic heterocycles. The summed E-state index contributed by atoms with van der Waals surface area (Å²) in [7, 11) is 0. The van der Waals surface area contributed by atoms with Crippen molar-refractivity contribution in [3.8, 4) is 11.1 Å². The summed E-state index contributed by atoms with van der Waals surface area (Å²) in [6.45, 7) is 0. The minimum Gasteiger partial charge on any atom is -0.478 e. The Labute approximate surface area is 141 Å². The van der Waals surface area contributed by atoms with E-state index in [-0.39, 0.29) is 11.4 Å². The number of halogens is 1. The van der Waals surface area contributed by atoms with Crippen LogP contribution in [0.25, 0.3) is 11.1 Å². The first-order valence-corrected chi connectivity index (χ1v) is 7.73. The molecule has 1 N–H and O–H groups in total. The summed E-state index contributed by atoms with van der Waals surface area (Å²) in [6, 6.07) is 27.5. The zero-order chi connectivity index (χ0) is 16.5. The van der Waals surface area contributed by atoms with E-state index in [9.17, 15) is 4.79 Å². The summed E-state index contributed by atoms with van der Waals surface area (Å²) in [6.07, 6.45) is 0. The Balaban J connectivity index is 0.000000168. The summed E-state index contributed by atoms with van der Waals surface area (Å²) in [5.74, 6) is -0.691. The quantitative estimate of drug-likeness (QED) is 0.648. The van der Waals surface area contributed by atoms with Gasteiger partial charge in [-0.1, -0.05) is 78.9 Å². The highest BCUT2D eigenvalue weighted by atomic mass is 35.5. The Morgan fingerprint density at radius 3 is 1.57 bits per heavy atom. The van der Waals surface area contributed by atoms with Gasteiger partial charge >= 0.3 is 5.97 Å². The fraction of sp³-hybridized carbons (Fsp3) is 0.0500. The van der Waals surface area contributed by atoms with Crippen molar-refractivity contribution in [2.75, 3.05) is 0 Å². The summed E-state index contributed by atoms with van der Waals surface area (Å²) >= 11 is 5.51. The first kappa shape index (κ1) is 16.8. The molecule has 0 spiro atoms. The molecule has 3 aromatic carbocycles. The number of carboxylic acids is 1. The third-order valence-electron chi connectivity index (χ3n) is 3.27. The molecule has 0 bridgehead atoms. The van der Waals surface area contributed by atoms with Crippen LogP contribution in [0.4, 0.5) is 0 Å². The Morgan fingerprint density at radius 2 is 1.17 bits per heavy atom. The smallest absolute Gasteiger partial charge is 0.336 e. The molecule has 3 rings (SSSR count). The summed E-state index contributed by atoms with van der Waals surface area (Å²) in [4.78, 5) is 10.5. The van der Waals surface area contributed by atoms with E-state index in [0.29, 0.717) is 5.56 Å². The Morgan fingerprint density at radius 1 is 0.739 bits per heavy atom. The van der Waals surface area contributed by atoms with E-state index in [1.54, 1.807) is 24.3 Å². The van der Waals surface area contributed by atoms with Crippen LogP contribution in [-0.2, 0) is 5.88 Å². The molecule has 0 amide bonds. The molecule has 0 aliphatic carbocycles. The van der Waals surface area contributed by atoms with E-state index in [1.807, 2.05) is 12.1 Å². The third kappa shape index (κ3) is 4.97. The summed E-state index contributed by atoms with van der Waals surface area (Å²) < 4.78 is 0. The number of carbonyl (C=O) groups is 1. The topological polar surface area (TPSA) is 37.3 Å². The zero-order valence-electron chi connectivity index (χ0n) is 12.5. The molecule has 0 atom stereocenters. The van der Waals surface area contributed by atoms with Crippen molar-refractivity contribution in [2.24, 2.45) is 0 Å². The molecule has 0 saturated carbocycles. The van der Waals surface area contributed by atoms with Crippen LogP contribution in [0.1, 0.15) is 15.9 Å². The molecule has 0 heterocycles. The lowest BCUT2D eigenvalue weighted by atomic mass is 10.1. The van der Waals surface area contributed by atoms with Gasteiger partial charge in [-0.15, -0.1) is 11.6 Å². The highest BCUT2D eigenvalue weighted by molar-refractivity contribution is 6.17. The minimum absolute atomic E-state index is 0.239. The second-order valence-corrected chi connectivity index (χ2v) is 5.10. The first-order chi connectivity index (χ1) is 11.2. The fourth-order valence-corrected chi connectivity index (χ4v) is 2.34. The average Bonchev–Trinajstić information content (AvgIpc) is 2.63. The number of hydrogen-bond acceptors (Lipinski definition) is 1. The van der Waals surface area contributed by atoms with E-state index < -0.39 is 5.97 Å². The lowest BCUT2D eigenvalue weighted by molar-refractivity contribution is 0.0696. The molecule has 3 heteroatoms. The minimum atomic E-state index is -0.929. The largest absolute Gasteiger partial charge is 0.478 e. The van der Waals surface area contributed by atoms with Crippen molar-refractivity contribution in [2.45, 2.75) is 5.88 Å². The zero-order valence-corrected chi connectivity index (χ0v) is 13.3. The highest BCUT2D eigenvalue weighted by Crippen LogP contribution is 2.17. The van der Waals surface area contributed by atoms with Gasteiger partial charge in [-0.25, -0.2) is 4.79 Å². The Hall–Kier alpha value is -2.58. The molecule has 0 aromatic heterocycles. The van der Waals surface area contributed by atoms with Gasteiger partial charge < -0.3 is 5.11 Å². The van der Waals surface area contributed by atoms with Crippen LogP contribution in [0.15, 0.2) is 84.9 Å². The highest BCUT2D eigenvalue weighted by Gasteiger charge is 2.06. The first-order valence-electron chi connectivity index (χ1n) is 7.20. The van der Waals surface area contributed by atoms with Crippen LogP contribution < -0.4 is 0 Å². The standard InChI is InChI=1S/C12H10.C8H7ClO2/c1-3-7-11(8-4-1)12-9-5-2-6-10-12;9-5-6-3-1-2-4-7(6)8(10)11/h1-10H;1-4H,5H2,(H,10,11). The van der Waals surface area contributed by atoms with Gasteiger partial charge in [0.2, 0.25) is 0 Å². The molecule has 0 saturated heterocycles. The van der Waals surface area contributed by atoms with Gasteiger partial charge in [0.1, 0.15) is 0 Å². The monoisotopic (exact) mass is 324 g/mol. The maximum Gasteiger partial charge on any atom is 0.336 e. The maximum atomic E-state index is 10.5. The molecule has 0 unspecified atom stereocenters. The molecule has 3 aromatic rings. The van der Waals surface area contributed by atoms with Crippen molar-refractivity contribution >= 4 is 17.6 Å². The van der Waals surface area contributed by atoms with Gasteiger partial charge in [-0.05, 0) is 22.8 Å². The van der Waals surface area contributed by atoms with Crippen molar-refractivity contribution < 1.29 is 9.90 Å². The number of carboxylic acid groups (broad SMARTS) is 1. The normalized spacial score (nSPS) is 9.61. The second kappa shape index (κ2) is 8.76. The molecule has 0 radical (unpaired) electrons. The molecule has 2 nitrogen and oxygen atoms in total. The Kier molecular flexibility index (Phi) is 6.40. The van der Waals surface area contributed by atoms with Gasteiger partial charge in [0.25, 0.3) is 0 Å². The number of rotatable bonds is 3. The summed E-state index contributed by atoms with van der Waals surface area (Å²) in [5.41, 5.74) is 3.49. The number of hydrogen-bond donors (Lipinski definition) is 1. The van der Waals surface area contributed by atoms with Crippen molar-refractivity contribution in [3.63, 3.8) is 0 Å². The van der Waals surface area contributed by atoms with E-state index in [4.69, 9.17) is 16.7 Å². The SMILES string of the molecule is O=C(O)c1ccccc1CCl.c1ccc(-c2ccccc2)cc1. The molecule has 23 heavy (non-hydrogen) atoms. The van der Waals surface area contributed by atoms with Crippen molar-refractivity contribution in [3.05, 3.63) is 96.1 Å². The summed E-state index contributed by atoms with van der Waals surface area (Å²) in [5, 5.41) is 8.64. The molecule has 0 aliphatic rings. The van der Waals surface area contributed by atoms with Gasteiger partial charge in [-0.2, -0.15) is 0 Å². The van der Waals surface area contributed by atoms with E-state index in [2.05, 4.69) is 48.5 Å². The van der Waals surface area contributed by atoms with Gasteiger partial charge in [-0.3, -0.25) is 0 Å². The molecule has 0 fully saturated rings. The van der Waals surface area contributed by atoms with Crippen LogP contribution in [0.3, 0.4) is 0 Å². The van der Waals surface area contributed by atoms with Crippen LogP contribution in [-0.4, -0.2) is 11.1 Å². The van der Waals surface area contributed by atoms with Crippen LogP contribution in [0.2, 0.25) is 0 Å². The van der Waals surface area contributed by atoms with E-state index in [0.717, 1.165) is 0 Å². The van der Waals surface area contributed by atoms with E-state index in [1.165, 1.54) is 11.1 Å². The van der Waals surface area contributed by atoms with Crippen LogP contribution in [0.5, 0.6) is 0 Å². The van der Waals surface area contributed by atoms with Crippen LogP contribution >= 0.6 is 11.6 Å². The number of alkyl halides is 1. The number of benzene rings is 3. The lowest BCUT2D eigenvalue weighted by Gasteiger charge is -1.99.